The number of anilines is 1. The Bertz CT molecular complexity index is 724. The normalized spacial score (nSPS) is 10.8. The molecule has 0 atom stereocenters. The van der Waals surface area contributed by atoms with E-state index in [9.17, 15) is 5.11 Å². The predicted octanol–water partition coefficient (Wildman–Crippen LogP) is 2.74. The van der Waals surface area contributed by atoms with Gasteiger partial charge in [0, 0.05) is 12.7 Å². The van der Waals surface area contributed by atoms with Crippen LogP contribution in [0.1, 0.15) is 5.56 Å². The highest BCUT2D eigenvalue weighted by Crippen LogP contribution is 2.12. The number of benzene rings is 1. The van der Waals surface area contributed by atoms with E-state index < -0.39 is 0 Å². The largest absolute Gasteiger partial charge is 0.508 e. The molecular formula is C14H13ClN4O. The first-order valence-corrected chi connectivity index (χ1v) is 6.62. The number of hydrogen-bond donors (Lipinski definition) is 2. The van der Waals surface area contributed by atoms with E-state index >= 15 is 0 Å². The lowest BCUT2D eigenvalue weighted by Gasteiger charge is -2.02. The SMILES string of the molecule is Oc1ccc(CCNc2nc3ccc(Cl)cn3n2)cc1. The van der Waals surface area contributed by atoms with Crippen LogP contribution in [0, 0.1) is 0 Å². The molecule has 1 aromatic carbocycles. The zero-order valence-corrected chi connectivity index (χ0v) is 11.4. The number of nitrogens with one attached hydrogen (secondary N) is 1. The third kappa shape index (κ3) is 2.83. The summed E-state index contributed by atoms with van der Waals surface area (Å²) in [6.07, 6.45) is 2.55. The van der Waals surface area contributed by atoms with Crippen LogP contribution >= 0.6 is 11.6 Å². The van der Waals surface area contributed by atoms with Gasteiger partial charge in [-0.1, -0.05) is 23.7 Å². The molecule has 3 rings (SSSR count). The van der Waals surface area contributed by atoms with Crippen molar-refractivity contribution in [3.05, 3.63) is 53.2 Å². The Morgan fingerprint density at radius 3 is 2.75 bits per heavy atom. The number of nitrogens with zero attached hydrogens (tertiary/aromatic N) is 3. The lowest BCUT2D eigenvalue weighted by Crippen LogP contribution is -2.06. The van der Waals surface area contributed by atoms with Gasteiger partial charge in [0.25, 0.3) is 0 Å². The van der Waals surface area contributed by atoms with Gasteiger partial charge in [-0.2, -0.15) is 4.98 Å². The van der Waals surface area contributed by atoms with E-state index in [2.05, 4.69) is 15.4 Å². The predicted molar refractivity (Wildman–Crippen MR) is 78.3 cm³/mol. The van der Waals surface area contributed by atoms with Gasteiger partial charge >= 0.3 is 0 Å². The zero-order chi connectivity index (χ0) is 13.9. The maximum absolute atomic E-state index is 9.21. The Kier molecular flexibility index (Phi) is 3.43. The molecule has 5 nitrogen and oxygen atoms in total. The summed E-state index contributed by atoms with van der Waals surface area (Å²) in [5, 5.41) is 17.3. The first-order chi connectivity index (χ1) is 9.70. The van der Waals surface area contributed by atoms with Gasteiger partial charge in [0.05, 0.1) is 5.02 Å². The number of halogens is 1. The highest BCUT2D eigenvalue weighted by Gasteiger charge is 2.03. The lowest BCUT2D eigenvalue weighted by atomic mass is 10.1. The van der Waals surface area contributed by atoms with Crippen molar-refractivity contribution < 1.29 is 5.11 Å². The Balaban J connectivity index is 1.63. The van der Waals surface area contributed by atoms with Crippen molar-refractivity contribution in [1.29, 1.82) is 0 Å². The molecule has 0 saturated heterocycles. The van der Waals surface area contributed by atoms with Gasteiger partial charge in [-0.05, 0) is 36.2 Å². The number of fused-ring (bicyclic) bond motifs is 1. The third-order valence-corrected chi connectivity index (χ3v) is 3.15. The Morgan fingerprint density at radius 1 is 1.15 bits per heavy atom. The molecule has 2 N–H and O–H groups in total. The van der Waals surface area contributed by atoms with Gasteiger partial charge in [0.15, 0.2) is 5.65 Å². The zero-order valence-electron chi connectivity index (χ0n) is 10.6. The average Bonchev–Trinajstić information content (AvgIpc) is 2.83. The maximum Gasteiger partial charge on any atom is 0.243 e. The number of pyridine rings is 1. The monoisotopic (exact) mass is 288 g/mol. The smallest absolute Gasteiger partial charge is 0.243 e. The first kappa shape index (κ1) is 12.7. The van der Waals surface area contributed by atoms with Crippen molar-refractivity contribution in [3.8, 4) is 5.75 Å². The van der Waals surface area contributed by atoms with E-state index in [4.69, 9.17) is 11.6 Å². The van der Waals surface area contributed by atoms with E-state index in [0.29, 0.717) is 11.0 Å². The average molecular weight is 289 g/mol. The Labute approximate surface area is 120 Å². The second-order valence-electron chi connectivity index (χ2n) is 4.43. The number of rotatable bonds is 4. The van der Waals surface area contributed by atoms with Crippen molar-refractivity contribution in [2.24, 2.45) is 0 Å². The standard InChI is InChI=1S/C14H13ClN4O/c15-11-3-6-13-17-14(18-19(13)9-11)16-8-7-10-1-4-12(20)5-2-10/h1-6,9,20H,7-8H2,(H,16,18). The molecule has 0 fully saturated rings. The summed E-state index contributed by atoms with van der Waals surface area (Å²) in [6, 6.07) is 10.8. The molecule has 6 heteroatoms. The van der Waals surface area contributed by atoms with Gasteiger partial charge in [0.2, 0.25) is 5.95 Å². The molecule has 20 heavy (non-hydrogen) atoms. The fourth-order valence-electron chi connectivity index (χ4n) is 1.91. The number of aromatic hydroxyl groups is 1. The van der Waals surface area contributed by atoms with Crippen LogP contribution in [0.2, 0.25) is 5.02 Å². The van der Waals surface area contributed by atoms with Crippen LogP contribution in [-0.2, 0) is 6.42 Å². The maximum atomic E-state index is 9.21. The molecular weight excluding hydrogens is 276 g/mol. The molecule has 2 heterocycles. The molecule has 0 amide bonds. The van der Waals surface area contributed by atoms with Crippen molar-refractivity contribution in [3.63, 3.8) is 0 Å². The van der Waals surface area contributed by atoms with Crippen LogP contribution in [0.4, 0.5) is 5.95 Å². The second-order valence-corrected chi connectivity index (χ2v) is 4.87. The minimum absolute atomic E-state index is 0.278. The molecule has 0 aliphatic rings. The molecule has 0 aliphatic heterocycles. The van der Waals surface area contributed by atoms with Gasteiger partial charge in [0.1, 0.15) is 5.75 Å². The quantitative estimate of drug-likeness (QED) is 0.775. The highest BCUT2D eigenvalue weighted by molar-refractivity contribution is 6.30. The van der Waals surface area contributed by atoms with Crippen molar-refractivity contribution >= 4 is 23.2 Å². The van der Waals surface area contributed by atoms with E-state index in [-0.39, 0.29) is 5.75 Å². The van der Waals surface area contributed by atoms with Crippen LogP contribution in [0.15, 0.2) is 42.6 Å². The summed E-state index contributed by atoms with van der Waals surface area (Å²) in [5.74, 6) is 0.853. The molecule has 0 radical (unpaired) electrons. The molecule has 0 bridgehead atoms. The van der Waals surface area contributed by atoms with Gasteiger partial charge < -0.3 is 10.4 Å². The molecule has 102 valence electrons. The van der Waals surface area contributed by atoms with Crippen molar-refractivity contribution in [2.75, 3.05) is 11.9 Å². The van der Waals surface area contributed by atoms with Crippen LogP contribution in [-0.4, -0.2) is 26.2 Å². The Hall–Kier alpha value is -2.27. The van der Waals surface area contributed by atoms with E-state index in [1.165, 1.54) is 0 Å². The molecule has 0 spiro atoms. The van der Waals surface area contributed by atoms with Crippen LogP contribution < -0.4 is 5.32 Å². The Morgan fingerprint density at radius 2 is 1.95 bits per heavy atom. The van der Waals surface area contributed by atoms with Gasteiger partial charge in [-0.3, -0.25) is 0 Å². The summed E-state index contributed by atoms with van der Waals surface area (Å²) in [6.45, 7) is 0.718. The van der Waals surface area contributed by atoms with Crippen molar-refractivity contribution in [2.45, 2.75) is 6.42 Å². The number of phenolic OH excluding ortho intramolecular Hbond substituents is 1. The van der Waals surface area contributed by atoms with E-state index in [0.717, 1.165) is 24.2 Å². The van der Waals surface area contributed by atoms with Gasteiger partial charge in [-0.25, -0.2) is 4.52 Å². The summed E-state index contributed by atoms with van der Waals surface area (Å²) in [4.78, 5) is 4.34. The molecule has 0 aliphatic carbocycles. The number of hydrogen-bond acceptors (Lipinski definition) is 4. The van der Waals surface area contributed by atoms with Crippen molar-refractivity contribution in [1.82, 2.24) is 14.6 Å². The minimum atomic E-state index is 0.278. The lowest BCUT2D eigenvalue weighted by molar-refractivity contribution is 0.475. The third-order valence-electron chi connectivity index (χ3n) is 2.93. The van der Waals surface area contributed by atoms with Crippen LogP contribution in [0.3, 0.4) is 0 Å². The van der Waals surface area contributed by atoms with E-state index in [1.807, 2.05) is 18.2 Å². The summed E-state index contributed by atoms with van der Waals surface area (Å²) in [5.41, 5.74) is 1.89. The number of phenols is 1. The summed E-state index contributed by atoms with van der Waals surface area (Å²) in [7, 11) is 0. The summed E-state index contributed by atoms with van der Waals surface area (Å²) < 4.78 is 1.64. The molecule has 0 saturated carbocycles. The molecule has 3 aromatic rings. The fraction of sp³-hybridized carbons (Fsp3) is 0.143. The number of aromatic nitrogens is 3. The van der Waals surface area contributed by atoms with Crippen LogP contribution in [0.5, 0.6) is 5.75 Å². The topological polar surface area (TPSA) is 62.5 Å². The minimum Gasteiger partial charge on any atom is -0.508 e. The first-order valence-electron chi connectivity index (χ1n) is 6.24. The van der Waals surface area contributed by atoms with Gasteiger partial charge in [-0.15, -0.1) is 5.10 Å². The fourth-order valence-corrected chi connectivity index (χ4v) is 2.07. The highest BCUT2D eigenvalue weighted by atomic mass is 35.5. The van der Waals surface area contributed by atoms with E-state index in [1.54, 1.807) is 28.9 Å². The molecule has 0 unspecified atom stereocenters. The molecule has 2 aromatic heterocycles. The van der Waals surface area contributed by atoms with Crippen LogP contribution in [0.25, 0.3) is 5.65 Å². The second kappa shape index (κ2) is 5.38. The summed E-state index contributed by atoms with van der Waals surface area (Å²) >= 11 is 5.90.